The van der Waals surface area contributed by atoms with Crippen LogP contribution in [0, 0.1) is 24.5 Å². The Morgan fingerprint density at radius 3 is 2.42 bits per heavy atom. The van der Waals surface area contributed by atoms with Crippen LogP contribution >= 0.6 is 11.6 Å². The van der Waals surface area contributed by atoms with Gasteiger partial charge in [-0.2, -0.15) is 15.1 Å². The third kappa shape index (κ3) is 11.0. The number of pyridine rings is 1. The molecule has 4 aromatic heterocycles. The molecular weight excluding hydrogens is 1050 g/mol. The number of rotatable bonds is 18. The molecule has 3 aliphatic heterocycles. The lowest BCUT2D eigenvalue weighted by Crippen LogP contribution is -2.50. The number of H-pyrrole nitrogens is 1. The van der Waals surface area contributed by atoms with E-state index < -0.39 is 29.8 Å². The Morgan fingerprint density at radius 2 is 1.73 bits per heavy atom. The van der Waals surface area contributed by atoms with Crippen molar-refractivity contribution in [2.45, 2.75) is 104 Å². The number of hydrogen-bond acceptors (Lipinski definition) is 14. The van der Waals surface area contributed by atoms with E-state index in [4.69, 9.17) is 35.8 Å². The van der Waals surface area contributed by atoms with Crippen LogP contribution in [0.15, 0.2) is 91.5 Å². The molecular formula is C59H65ClF2N12O6. The van der Waals surface area contributed by atoms with E-state index in [9.17, 15) is 19.1 Å². The van der Waals surface area contributed by atoms with Crippen LogP contribution in [0.5, 0.6) is 11.8 Å². The molecule has 80 heavy (non-hydrogen) atoms. The molecule has 5 unspecified atom stereocenters. The first-order valence-electron chi connectivity index (χ1n) is 27.2. The molecule has 11 rings (SSSR count). The average molecular weight is 1110 g/mol. The Labute approximate surface area is 467 Å². The maximum absolute atomic E-state index is 15.8. The Bertz CT molecular complexity index is 3530. The van der Waals surface area contributed by atoms with Crippen LogP contribution in [0.3, 0.4) is 0 Å². The number of benzene rings is 4. The van der Waals surface area contributed by atoms with Gasteiger partial charge >= 0.3 is 6.01 Å². The van der Waals surface area contributed by atoms with Crippen LogP contribution in [0.4, 0.5) is 14.6 Å². The second kappa shape index (κ2) is 24.0. The average Bonchev–Trinajstić information content (AvgIpc) is 4.47. The fourth-order valence-electron chi connectivity index (χ4n) is 11.0. The maximum Gasteiger partial charge on any atom is 0.319 e. The first kappa shape index (κ1) is 55.7. The summed E-state index contributed by atoms with van der Waals surface area (Å²) in [6.45, 7) is 13.2. The minimum atomic E-state index is -0.773. The number of anilines is 1. The number of carbonyl (C=O) groups is 2. The molecule has 0 aliphatic carbocycles. The summed E-state index contributed by atoms with van der Waals surface area (Å²) < 4.78 is 50.4. The van der Waals surface area contributed by atoms with Crippen molar-refractivity contribution in [3.8, 4) is 45.3 Å². The molecule has 3 fully saturated rings. The number of piperazine rings is 1. The molecule has 0 radical (unpaired) electrons. The number of carbonyl (C=O) groups excluding carboxylic acids is 2. The third-order valence-corrected chi connectivity index (χ3v) is 15.6. The lowest BCUT2D eigenvalue weighted by Gasteiger charge is -2.30. The summed E-state index contributed by atoms with van der Waals surface area (Å²) in [5.74, 6) is -0.799. The van der Waals surface area contributed by atoms with Gasteiger partial charge in [-0.15, -0.1) is 5.10 Å². The Hall–Kier alpha value is -7.65. The monoisotopic (exact) mass is 1110 g/mol. The highest BCUT2D eigenvalue weighted by Gasteiger charge is 2.41. The van der Waals surface area contributed by atoms with Crippen molar-refractivity contribution in [3.63, 3.8) is 0 Å². The van der Waals surface area contributed by atoms with Gasteiger partial charge in [-0.05, 0) is 79.5 Å². The van der Waals surface area contributed by atoms with Gasteiger partial charge in [-0.1, -0.05) is 93.0 Å². The summed E-state index contributed by atoms with van der Waals surface area (Å²) in [7, 11) is 1.61. The van der Waals surface area contributed by atoms with Gasteiger partial charge in [0.25, 0.3) is 0 Å². The van der Waals surface area contributed by atoms with Crippen molar-refractivity contribution in [1.29, 1.82) is 0 Å². The van der Waals surface area contributed by atoms with E-state index in [-0.39, 0.29) is 55.7 Å². The zero-order valence-electron chi connectivity index (χ0n) is 45.7. The highest BCUT2D eigenvalue weighted by Crippen LogP contribution is 2.49. The second-order valence-electron chi connectivity index (χ2n) is 20.7. The van der Waals surface area contributed by atoms with E-state index in [1.807, 2.05) is 65.0 Å². The van der Waals surface area contributed by atoms with E-state index in [1.54, 1.807) is 66.3 Å². The fourth-order valence-corrected chi connectivity index (χ4v) is 11.3. The summed E-state index contributed by atoms with van der Waals surface area (Å²) in [6.07, 6.45) is 7.83. The minimum Gasteiger partial charge on any atom is -0.486 e. The lowest BCUT2D eigenvalue weighted by molar-refractivity contribution is -0.142. The van der Waals surface area contributed by atoms with E-state index in [0.717, 1.165) is 36.8 Å². The molecule has 7 heterocycles. The zero-order chi connectivity index (χ0) is 56.4. The molecule has 2 amide bonds. The molecule has 3 saturated heterocycles. The molecule has 4 aromatic carbocycles. The Kier molecular flexibility index (Phi) is 16.7. The fraction of sp³-hybridized carbons (Fsp3) is 0.390. The number of methoxy groups -OCH3 is 1. The summed E-state index contributed by atoms with van der Waals surface area (Å²) in [5.41, 5.74) is 5.93. The zero-order valence-corrected chi connectivity index (χ0v) is 46.5. The van der Waals surface area contributed by atoms with Crippen molar-refractivity contribution in [2.24, 2.45) is 5.92 Å². The third-order valence-electron chi connectivity index (χ3n) is 15.3. The highest BCUT2D eigenvalue weighted by molar-refractivity contribution is 6.35. The van der Waals surface area contributed by atoms with Crippen LogP contribution < -0.4 is 25.0 Å². The number of aromatic amines is 1. The molecule has 3 aliphatic rings. The number of aromatic nitrogens is 8. The molecule has 8 aromatic rings. The first-order valence-corrected chi connectivity index (χ1v) is 27.5. The smallest absolute Gasteiger partial charge is 0.319 e. The largest absolute Gasteiger partial charge is 0.486 e. The number of aliphatic hydroxyl groups excluding tert-OH is 1. The van der Waals surface area contributed by atoms with Crippen molar-refractivity contribution in [1.82, 2.24) is 55.7 Å². The molecule has 4 N–H and O–H groups in total. The first-order chi connectivity index (χ1) is 38.8. The molecule has 2 bridgehead atoms. The molecule has 21 heteroatoms. The molecule has 0 saturated carbocycles. The molecule has 18 nitrogen and oxygen atoms in total. The van der Waals surface area contributed by atoms with Crippen molar-refractivity contribution >= 4 is 51.0 Å². The number of ether oxygens (including phenoxy) is 3. The Morgan fingerprint density at radius 1 is 0.950 bits per heavy atom. The quantitative estimate of drug-likeness (QED) is 0.0631. The number of aliphatic hydroxyl groups is 1. The summed E-state index contributed by atoms with van der Waals surface area (Å²) in [5, 5.41) is 34.6. The standard InChI is InChI=1S/C57H59ClF2N12O6.C2H6/c1-30(2)52(56(75)70-18-6-7-48(70)55(74)64-47(27-73)36-14-12-34(13-15-36)39-16-17-61-24-44(39)60)72-26-46(68-69-72)35-10-8-33(9-11-35)29-77-53-50(49-32(4)43(59)21-45-41(49)23-63-67-45)42(58)20-40-51(53)65-57(78-28-31(3)76-5)66-54(40)71-25-37-19-38(71)22-62-37;1-2/h8-17,20-21,23-24,26,30-31,37-38,47-48,52,62,73H,6-7,18-19,22,25,27-29H2,1-5H3,(H,63,67)(H,64,74);1-2H3/t31-,37?,38?,47?,48?,52?;/m0./s1. The predicted molar refractivity (Wildman–Crippen MR) is 301 cm³/mol. The van der Waals surface area contributed by atoms with Crippen LogP contribution in [0.25, 0.3) is 55.3 Å². The summed E-state index contributed by atoms with van der Waals surface area (Å²) >= 11 is 7.37. The number of nitrogens with zero attached hydrogens (tertiary/aromatic N) is 9. The number of nitrogens with one attached hydrogen (secondary N) is 3. The van der Waals surface area contributed by atoms with Gasteiger partial charge in [-0.25, -0.2) is 13.5 Å². The van der Waals surface area contributed by atoms with Gasteiger partial charge in [0.1, 0.15) is 54.0 Å². The van der Waals surface area contributed by atoms with E-state index >= 15 is 4.39 Å². The van der Waals surface area contributed by atoms with Gasteiger partial charge < -0.3 is 39.8 Å². The van der Waals surface area contributed by atoms with Crippen molar-refractivity contribution in [3.05, 3.63) is 125 Å². The number of likely N-dealkylation sites (tertiary alicyclic amines) is 1. The topological polar surface area (TPSA) is 211 Å². The minimum absolute atomic E-state index is 0.0558. The van der Waals surface area contributed by atoms with Gasteiger partial charge in [0, 0.05) is 78.1 Å². The Balaban J connectivity index is 0.00000356. The molecule has 6 atom stereocenters. The van der Waals surface area contributed by atoms with Gasteiger partial charge in [0.05, 0.1) is 47.9 Å². The van der Waals surface area contributed by atoms with Gasteiger partial charge in [-0.3, -0.25) is 19.7 Å². The van der Waals surface area contributed by atoms with Crippen LogP contribution in [-0.4, -0.2) is 126 Å². The van der Waals surface area contributed by atoms with Crippen molar-refractivity contribution in [2.75, 3.05) is 44.9 Å². The molecule has 0 spiro atoms. The number of hydrogen-bond donors (Lipinski definition) is 4. The lowest BCUT2D eigenvalue weighted by atomic mass is 9.94. The van der Waals surface area contributed by atoms with Gasteiger partial charge in [0.2, 0.25) is 11.8 Å². The van der Waals surface area contributed by atoms with Crippen LogP contribution in [-0.2, 0) is 20.9 Å². The van der Waals surface area contributed by atoms with E-state index in [0.29, 0.717) is 103 Å². The SMILES string of the molecule is CC.CO[C@@H](C)COc1nc(N2CC3CC2CN3)c2cc(Cl)c(-c3c(C)c(F)cc4[nH]ncc34)c(OCc3ccc(-c4cn(C(C(=O)N5CCCC5C(=O)NC(CO)c5ccc(-c6ccncc6F)cc5)C(C)C)nn4)cc3)c2n1. The summed E-state index contributed by atoms with van der Waals surface area (Å²) in [4.78, 5) is 46.1. The van der Waals surface area contributed by atoms with Crippen molar-refractivity contribution < 1.29 is 37.7 Å². The normalized spacial score (nSPS) is 17.9. The van der Waals surface area contributed by atoms with E-state index in [1.165, 1.54) is 12.3 Å². The van der Waals surface area contributed by atoms with Gasteiger partial charge in [0.15, 0.2) is 5.75 Å². The highest BCUT2D eigenvalue weighted by atomic mass is 35.5. The summed E-state index contributed by atoms with van der Waals surface area (Å²) in [6, 6.07) is 17.7. The number of halogens is 3. The second-order valence-corrected chi connectivity index (χ2v) is 21.1. The number of fused-ring (bicyclic) bond motifs is 4. The predicted octanol–water partition coefficient (Wildman–Crippen LogP) is 9.34. The number of amides is 2. The molecule has 418 valence electrons. The van der Waals surface area contributed by atoms with Crippen LogP contribution in [0.1, 0.15) is 82.7 Å². The maximum atomic E-state index is 15.8. The van der Waals surface area contributed by atoms with Crippen LogP contribution in [0.2, 0.25) is 5.02 Å². The van der Waals surface area contributed by atoms with E-state index in [2.05, 4.69) is 41.0 Å².